The molecule has 1 aliphatic rings. The molecular weight excluding hydrogens is 246 g/mol. The summed E-state index contributed by atoms with van der Waals surface area (Å²) in [7, 11) is -2.96. The van der Waals surface area contributed by atoms with Crippen LogP contribution in [0.15, 0.2) is 17.5 Å². The molecule has 1 fully saturated rings. The predicted octanol–water partition coefficient (Wildman–Crippen LogP) is 0.708. The van der Waals surface area contributed by atoms with Crippen molar-refractivity contribution >= 4 is 27.0 Å². The maximum absolute atomic E-state index is 11.8. The van der Waals surface area contributed by atoms with Crippen molar-refractivity contribution < 1.29 is 13.2 Å². The zero-order chi connectivity index (χ0) is 11.6. The van der Waals surface area contributed by atoms with E-state index in [9.17, 15) is 13.2 Å². The summed E-state index contributed by atoms with van der Waals surface area (Å²) in [6.45, 7) is 0.449. The molecule has 1 saturated heterocycles. The lowest BCUT2D eigenvalue weighted by Crippen LogP contribution is -2.45. The molecule has 1 atom stereocenters. The third-order valence-electron chi connectivity index (χ3n) is 2.53. The fourth-order valence-electron chi connectivity index (χ4n) is 1.76. The molecule has 16 heavy (non-hydrogen) atoms. The van der Waals surface area contributed by atoms with E-state index in [1.54, 1.807) is 6.07 Å². The van der Waals surface area contributed by atoms with Crippen LogP contribution >= 0.6 is 11.3 Å². The molecule has 1 aromatic heterocycles. The van der Waals surface area contributed by atoms with E-state index in [1.165, 1.54) is 11.3 Å². The molecule has 1 unspecified atom stereocenters. The minimum Gasteiger partial charge on any atom is -0.312 e. The third kappa shape index (κ3) is 2.90. The fraction of sp³-hybridized carbons (Fsp3) is 0.500. The summed E-state index contributed by atoms with van der Waals surface area (Å²) < 4.78 is 22.8. The first kappa shape index (κ1) is 11.8. The Morgan fingerprint density at radius 1 is 1.56 bits per heavy atom. The highest BCUT2D eigenvalue weighted by Crippen LogP contribution is 2.14. The van der Waals surface area contributed by atoms with Crippen LogP contribution < -0.4 is 5.32 Å². The SMILES string of the molecule is O=C(CC1CS(=O)(=O)CCN1)c1cccs1. The molecule has 0 aromatic carbocycles. The van der Waals surface area contributed by atoms with Crippen LogP contribution in [-0.2, 0) is 9.84 Å². The van der Waals surface area contributed by atoms with Crippen LogP contribution in [0.2, 0.25) is 0 Å². The van der Waals surface area contributed by atoms with Crippen LogP contribution in [0.3, 0.4) is 0 Å². The van der Waals surface area contributed by atoms with Crippen molar-refractivity contribution in [1.29, 1.82) is 0 Å². The van der Waals surface area contributed by atoms with Crippen LogP contribution in [0.1, 0.15) is 16.1 Å². The maximum atomic E-state index is 11.8. The fourth-order valence-corrected chi connectivity index (χ4v) is 3.88. The highest BCUT2D eigenvalue weighted by Gasteiger charge is 2.26. The van der Waals surface area contributed by atoms with E-state index < -0.39 is 9.84 Å². The van der Waals surface area contributed by atoms with Crippen LogP contribution in [0.4, 0.5) is 0 Å². The second-order valence-electron chi connectivity index (χ2n) is 3.87. The number of carbonyl (C=O) groups is 1. The Balaban J connectivity index is 1.98. The van der Waals surface area contributed by atoms with E-state index in [0.717, 1.165) is 0 Å². The topological polar surface area (TPSA) is 63.2 Å². The first-order valence-electron chi connectivity index (χ1n) is 5.07. The van der Waals surface area contributed by atoms with Crippen molar-refractivity contribution in [3.05, 3.63) is 22.4 Å². The number of rotatable bonds is 3. The van der Waals surface area contributed by atoms with Gasteiger partial charge in [0.2, 0.25) is 0 Å². The van der Waals surface area contributed by atoms with Crippen LogP contribution in [-0.4, -0.2) is 38.3 Å². The minimum atomic E-state index is -2.96. The number of thiophene rings is 1. The van der Waals surface area contributed by atoms with Gasteiger partial charge < -0.3 is 5.32 Å². The number of carbonyl (C=O) groups excluding carboxylic acids is 1. The molecule has 0 radical (unpaired) electrons. The molecule has 0 saturated carbocycles. The number of nitrogens with one attached hydrogen (secondary N) is 1. The highest BCUT2D eigenvalue weighted by atomic mass is 32.2. The lowest BCUT2D eigenvalue weighted by molar-refractivity contribution is 0.0976. The standard InChI is InChI=1S/C10H13NO3S2/c12-9(10-2-1-4-15-10)6-8-7-16(13,14)5-3-11-8/h1-2,4,8,11H,3,5-7H2. The van der Waals surface area contributed by atoms with E-state index in [-0.39, 0.29) is 29.8 Å². The van der Waals surface area contributed by atoms with Gasteiger partial charge in [0, 0.05) is 19.0 Å². The van der Waals surface area contributed by atoms with E-state index in [0.29, 0.717) is 11.4 Å². The zero-order valence-electron chi connectivity index (χ0n) is 8.68. The van der Waals surface area contributed by atoms with Crippen molar-refractivity contribution in [3.8, 4) is 0 Å². The average molecular weight is 259 g/mol. The summed E-state index contributed by atoms with van der Waals surface area (Å²) in [5, 5.41) is 4.92. The van der Waals surface area contributed by atoms with Crippen molar-refractivity contribution in [3.63, 3.8) is 0 Å². The molecule has 0 bridgehead atoms. The molecule has 88 valence electrons. The van der Waals surface area contributed by atoms with Gasteiger partial charge in [-0.1, -0.05) is 6.07 Å². The van der Waals surface area contributed by atoms with Gasteiger partial charge in [-0.25, -0.2) is 8.42 Å². The molecule has 2 heterocycles. The quantitative estimate of drug-likeness (QED) is 0.812. The molecular formula is C10H13NO3S2. The van der Waals surface area contributed by atoms with Gasteiger partial charge in [0.05, 0.1) is 16.4 Å². The molecule has 0 amide bonds. The van der Waals surface area contributed by atoms with Crippen LogP contribution in [0, 0.1) is 0 Å². The van der Waals surface area contributed by atoms with Gasteiger partial charge in [0.25, 0.3) is 0 Å². The molecule has 1 aromatic rings. The highest BCUT2D eigenvalue weighted by molar-refractivity contribution is 7.91. The molecule has 4 nitrogen and oxygen atoms in total. The van der Waals surface area contributed by atoms with Crippen molar-refractivity contribution in [2.75, 3.05) is 18.1 Å². The summed E-state index contributed by atoms with van der Waals surface area (Å²) in [6.07, 6.45) is 0.264. The predicted molar refractivity (Wildman–Crippen MR) is 63.7 cm³/mol. The number of hydrogen-bond acceptors (Lipinski definition) is 5. The lowest BCUT2D eigenvalue weighted by Gasteiger charge is -2.22. The first-order valence-corrected chi connectivity index (χ1v) is 7.77. The number of Topliss-reactive ketones (excluding diaryl/α,β-unsaturated/α-hetero) is 1. The van der Waals surface area contributed by atoms with Crippen molar-refractivity contribution in [1.82, 2.24) is 5.32 Å². The van der Waals surface area contributed by atoms with Gasteiger partial charge in [-0.15, -0.1) is 11.3 Å². The number of ketones is 1. The Morgan fingerprint density at radius 3 is 3.00 bits per heavy atom. The first-order chi connectivity index (χ1) is 7.57. The van der Waals surface area contributed by atoms with Gasteiger partial charge >= 0.3 is 0 Å². The summed E-state index contributed by atoms with van der Waals surface area (Å²) in [5.74, 6) is 0.269. The normalized spacial score (nSPS) is 24.1. The van der Waals surface area contributed by atoms with Crippen LogP contribution in [0.5, 0.6) is 0 Å². The lowest BCUT2D eigenvalue weighted by atomic mass is 10.1. The molecule has 1 aliphatic heterocycles. The molecule has 2 rings (SSSR count). The second-order valence-corrected chi connectivity index (χ2v) is 7.05. The number of sulfone groups is 1. The molecule has 0 aliphatic carbocycles. The molecule has 6 heteroatoms. The van der Waals surface area contributed by atoms with Gasteiger partial charge in [-0.3, -0.25) is 4.79 Å². The smallest absolute Gasteiger partial charge is 0.174 e. The van der Waals surface area contributed by atoms with Crippen molar-refractivity contribution in [2.45, 2.75) is 12.5 Å². The Morgan fingerprint density at radius 2 is 2.38 bits per heavy atom. The van der Waals surface area contributed by atoms with E-state index in [1.807, 2.05) is 11.4 Å². The van der Waals surface area contributed by atoms with E-state index >= 15 is 0 Å². The van der Waals surface area contributed by atoms with E-state index in [4.69, 9.17) is 0 Å². The third-order valence-corrected chi connectivity index (χ3v) is 5.18. The summed E-state index contributed by atoms with van der Waals surface area (Å²) in [6, 6.07) is 3.36. The van der Waals surface area contributed by atoms with Gasteiger partial charge in [-0.2, -0.15) is 0 Å². The number of hydrogen-bond donors (Lipinski definition) is 1. The van der Waals surface area contributed by atoms with Crippen molar-refractivity contribution in [2.24, 2.45) is 0 Å². The summed E-state index contributed by atoms with van der Waals surface area (Å²) in [4.78, 5) is 12.5. The molecule has 1 N–H and O–H groups in total. The zero-order valence-corrected chi connectivity index (χ0v) is 10.3. The monoisotopic (exact) mass is 259 g/mol. The Bertz CT molecular complexity index is 464. The second kappa shape index (κ2) is 4.65. The Hall–Kier alpha value is -0.720. The average Bonchev–Trinajstić information content (AvgIpc) is 2.68. The Kier molecular flexibility index (Phi) is 3.41. The van der Waals surface area contributed by atoms with Gasteiger partial charge in [0.15, 0.2) is 15.6 Å². The van der Waals surface area contributed by atoms with Crippen LogP contribution in [0.25, 0.3) is 0 Å². The van der Waals surface area contributed by atoms with Gasteiger partial charge in [-0.05, 0) is 11.4 Å². The molecule has 0 spiro atoms. The summed E-state index contributed by atoms with van der Waals surface area (Å²) >= 11 is 1.39. The largest absolute Gasteiger partial charge is 0.312 e. The Labute approximate surface area is 98.6 Å². The maximum Gasteiger partial charge on any atom is 0.174 e. The minimum absolute atomic E-state index is 0.0181. The van der Waals surface area contributed by atoms with E-state index in [2.05, 4.69) is 5.32 Å². The summed E-state index contributed by atoms with van der Waals surface area (Å²) in [5.41, 5.74) is 0. The van der Waals surface area contributed by atoms with Gasteiger partial charge in [0.1, 0.15) is 0 Å².